The van der Waals surface area contributed by atoms with E-state index in [4.69, 9.17) is 9.84 Å². The van der Waals surface area contributed by atoms with Gasteiger partial charge in [-0.15, -0.1) is 0 Å². The maximum Gasteiger partial charge on any atom is 0.310 e. The third-order valence-corrected chi connectivity index (χ3v) is 3.59. The average Bonchev–Trinajstić information content (AvgIpc) is 2.48. The van der Waals surface area contributed by atoms with Crippen molar-refractivity contribution in [3.63, 3.8) is 0 Å². The fraction of sp³-hybridized carbons (Fsp3) is 0.278. The first-order chi connectivity index (χ1) is 9.97. The highest BCUT2D eigenvalue weighted by Gasteiger charge is 2.13. The number of ether oxygens (including phenoxy) is 1. The molecular weight excluding hydrogens is 264 g/mol. The molecule has 1 unspecified atom stereocenters. The van der Waals surface area contributed by atoms with Gasteiger partial charge in [0.25, 0.3) is 0 Å². The van der Waals surface area contributed by atoms with Crippen LogP contribution in [-0.4, -0.2) is 11.1 Å². The van der Waals surface area contributed by atoms with Crippen LogP contribution in [0.5, 0.6) is 5.75 Å². The van der Waals surface area contributed by atoms with E-state index in [2.05, 4.69) is 6.07 Å². The van der Waals surface area contributed by atoms with Gasteiger partial charge in [-0.05, 0) is 49.1 Å². The van der Waals surface area contributed by atoms with Gasteiger partial charge in [0.15, 0.2) is 0 Å². The van der Waals surface area contributed by atoms with Crippen molar-refractivity contribution in [1.82, 2.24) is 0 Å². The second kappa shape index (κ2) is 6.44. The van der Waals surface area contributed by atoms with Gasteiger partial charge in [-0.1, -0.05) is 36.4 Å². The smallest absolute Gasteiger partial charge is 0.310 e. The van der Waals surface area contributed by atoms with Crippen LogP contribution in [0.4, 0.5) is 0 Å². The molecule has 0 fully saturated rings. The van der Waals surface area contributed by atoms with E-state index in [0.717, 1.165) is 22.4 Å². The van der Waals surface area contributed by atoms with E-state index in [1.165, 1.54) is 5.56 Å². The summed E-state index contributed by atoms with van der Waals surface area (Å²) in [6.45, 7) is 6.22. The molecule has 1 N–H and O–H groups in total. The molecule has 0 spiro atoms. The maximum absolute atomic E-state index is 10.9. The number of rotatable bonds is 5. The molecule has 3 nitrogen and oxygen atoms in total. The second-order valence-corrected chi connectivity index (χ2v) is 5.36. The molecule has 1 atom stereocenters. The van der Waals surface area contributed by atoms with Crippen molar-refractivity contribution in [2.45, 2.75) is 33.3 Å². The molecule has 0 aliphatic carbocycles. The van der Waals surface area contributed by atoms with Gasteiger partial charge in [-0.3, -0.25) is 4.79 Å². The van der Waals surface area contributed by atoms with E-state index in [-0.39, 0.29) is 0 Å². The lowest BCUT2D eigenvalue weighted by molar-refractivity contribution is -0.138. The Balaban J connectivity index is 2.04. The van der Waals surface area contributed by atoms with E-state index in [1.54, 1.807) is 6.92 Å². The predicted molar refractivity (Wildman–Crippen MR) is 82.7 cm³/mol. The highest BCUT2D eigenvalue weighted by molar-refractivity contribution is 5.75. The Kier molecular flexibility index (Phi) is 4.63. The Morgan fingerprint density at radius 2 is 1.81 bits per heavy atom. The van der Waals surface area contributed by atoms with E-state index < -0.39 is 11.9 Å². The molecule has 0 saturated carbocycles. The quantitative estimate of drug-likeness (QED) is 0.900. The number of carboxylic acid groups (broad SMARTS) is 1. The average molecular weight is 284 g/mol. The summed E-state index contributed by atoms with van der Waals surface area (Å²) in [4.78, 5) is 10.9. The Morgan fingerprint density at radius 1 is 1.14 bits per heavy atom. The summed E-state index contributed by atoms with van der Waals surface area (Å²) in [6, 6.07) is 13.7. The number of aryl methyl sites for hydroxylation is 2. The lowest BCUT2D eigenvalue weighted by Gasteiger charge is -2.11. The molecule has 2 aromatic carbocycles. The molecule has 0 aromatic heterocycles. The van der Waals surface area contributed by atoms with Gasteiger partial charge in [0, 0.05) is 0 Å². The monoisotopic (exact) mass is 284 g/mol. The minimum atomic E-state index is -0.811. The third-order valence-electron chi connectivity index (χ3n) is 3.59. The van der Waals surface area contributed by atoms with Crippen LogP contribution in [0.15, 0.2) is 42.5 Å². The second-order valence-electron chi connectivity index (χ2n) is 5.36. The molecule has 21 heavy (non-hydrogen) atoms. The van der Waals surface area contributed by atoms with Crippen LogP contribution in [0.25, 0.3) is 0 Å². The van der Waals surface area contributed by atoms with Gasteiger partial charge in [0.2, 0.25) is 0 Å². The summed E-state index contributed by atoms with van der Waals surface area (Å²) >= 11 is 0. The van der Waals surface area contributed by atoms with Gasteiger partial charge in [0.05, 0.1) is 5.92 Å². The zero-order chi connectivity index (χ0) is 15.4. The van der Waals surface area contributed by atoms with Crippen LogP contribution in [0.1, 0.15) is 35.1 Å². The topological polar surface area (TPSA) is 46.5 Å². The standard InChI is InChI=1S/C18H20O3/c1-12-4-5-13(2)17(10-12)21-11-15-6-8-16(9-7-15)14(3)18(19)20/h4-10,14H,11H2,1-3H3,(H,19,20). The van der Waals surface area contributed by atoms with Gasteiger partial charge in [-0.25, -0.2) is 0 Å². The number of carboxylic acids is 1. The first-order valence-corrected chi connectivity index (χ1v) is 6.99. The lowest BCUT2D eigenvalue weighted by Crippen LogP contribution is -2.07. The molecule has 0 amide bonds. The van der Waals surface area contributed by atoms with Crippen LogP contribution in [0.3, 0.4) is 0 Å². The summed E-state index contributed by atoms with van der Waals surface area (Å²) in [6.07, 6.45) is 0. The predicted octanol–water partition coefficient (Wildman–Crippen LogP) is 4.07. The van der Waals surface area contributed by atoms with Crippen molar-refractivity contribution in [2.75, 3.05) is 0 Å². The Morgan fingerprint density at radius 3 is 2.43 bits per heavy atom. The van der Waals surface area contributed by atoms with Crippen molar-refractivity contribution in [1.29, 1.82) is 0 Å². The summed E-state index contributed by atoms with van der Waals surface area (Å²) in [7, 11) is 0. The van der Waals surface area contributed by atoms with Gasteiger partial charge in [0.1, 0.15) is 12.4 Å². The van der Waals surface area contributed by atoms with Gasteiger partial charge in [-0.2, -0.15) is 0 Å². The van der Waals surface area contributed by atoms with Crippen molar-refractivity contribution < 1.29 is 14.6 Å². The van der Waals surface area contributed by atoms with Gasteiger partial charge < -0.3 is 9.84 Å². The molecule has 3 heteroatoms. The molecule has 0 bridgehead atoms. The number of aliphatic carboxylic acids is 1. The molecule has 0 radical (unpaired) electrons. The first-order valence-electron chi connectivity index (χ1n) is 6.99. The molecule has 2 rings (SSSR count). The highest BCUT2D eigenvalue weighted by Crippen LogP contribution is 2.21. The van der Waals surface area contributed by atoms with E-state index in [9.17, 15) is 4.79 Å². The molecule has 0 heterocycles. The highest BCUT2D eigenvalue weighted by atomic mass is 16.5. The zero-order valence-corrected chi connectivity index (χ0v) is 12.6. The lowest BCUT2D eigenvalue weighted by atomic mass is 10.0. The Hall–Kier alpha value is -2.29. The SMILES string of the molecule is Cc1ccc(C)c(OCc2ccc(C(C)C(=O)O)cc2)c1. The summed E-state index contributed by atoms with van der Waals surface area (Å²) in [5.74, 6) is -0.411. The summed E-state index contributed by atoms with van der Waals surface area (Å²) in [5.41, 5.74) is 4.10. The van der Waals surface area contributed by atoms with Crippen LogP contribution in [0.2, 0.25) is 0 Å². The largest absolute Gasteiger partial charge is 0.489 e. The molecule has 2 aromatic rings. The molecule has 110 valence electrons. The number of hydrogen-bond donors (Lipinski definition) is 1. The van der Waals surface area contributed by atoms with Crippen molar-refractivity contribution >= 4 is 5.97 Å². The fourth-order valence-electron chi connectivity index (χ4n) is 2.07. The Labute approximate surface area is 125 Å². The minimum Gasteiger partial charge on any atom is -0.489 e. The minimum absolute atomic E-state index is 0.478. The zero-order valence-electron chi connectivity index (χ0n) is 12.6. The van der Waals surface area contributed by atoms with Crippen LogP contribution in [0, 0.1) is 13.8 Å². The molecule has 0 saturated heterocycles. The van der Waals surface area contributed by atoms with Gasteiger partial charge >= 0.3 is 5.97 Å². The number of benzene rings is 2. The van der Waals surface area contributed by atoms with E-state index in [0.29, 0.717) is 6.61 Å². The third kappa shape index (κ3) is 3.85. The first kappa shape index (κ1) is 15.1. The molecular formula is C18H20O3. The van der Waals surface area contributed by atoms with Crippen LogP contribution in [-0.2, 0) is 11.4 Å². The van der Waals surface area contributed by atoms with Crippen molar-refractivity contribution in [3.05, 3.63) is 64.7 Å². The Bertz CT molecular complexity index is 629. The molecule has 0 aliphatic heterocycles. The van der Waals surface area contributed by atoms with E-state index >= 15 is 0 Å². The molecule has 0 aliphatic rings. The maximum atomic E-state index is 10.9. The summed E-state index contributed by atoms with van der Waals surface area (Å²) in [5, 5.41) is 8.99. The van der Waals surface area contributed by atoms with Crippen molar-refractivity contribution in [3.8, 4) is 5.75 Å². The van der Waals surface area contributed by atoms with Crippen LogP contribution < -0.4 is 4.74 Å². The summed E-state index contributed by atoms with van der Waals surface area (Å²) < 4.78 is 5.84. The van der Waals surface area contributed by atoms with E-state index in [1.807, 2.05) is 50.2 Å². The fourth-order valence-corrected chi connectivity index (χ4v) is 2.07. The number of carbonyl (C=O) groups is 1. The normalized spacial score (nSPS) is 12.0. The van der Waals surface area contributed by atoms with Crippen molar-refractivity contribution in [2.24, 2.45) is 0 Å². The van der Waals surface area contributed by atoms with Crippen LogP contribution >= 0.6 is 0 Å². The number of hydrogen-bond acceptors (Lipinski definition) is 2.